The third-order valence-electron chi connectivity index (χ3n) is 4.26. The highest BCUT2D eigenvalue weighted by atomic mass is 15.0. The van der Waals surface area contributed by atoms with Crippen LogP contribution in [0.25, 0.3) is 27.6 Å². The van der Waals surface area contributed by atoms with Gasteiger partial charge in [0.2, 0.25) is 0 Å². The highest BCUT2D eigenvalue weighted by Gasteiger charge is 2.10. The first-order valence-electron chi connectivity index (χ1n) is 7.90. The number of aromatic nitrogens is 5. The van der Waals surface area contributed by atoms with E-state index in [9.17, 15) is 0 Å². The van der Waals surface area contributed by atoms with Crippen molar-refractivity contribution >= 4 is 27.6 Å². The molecule has 4 aromatic heterocycles. The van der Waals surface area contributed by atoms with Crippen LogP contribution in [-0.4, -0.2) is 24.3 Å². The highest BCUT2D eigenvalue weighted by molar-refractivity contribution is 6.02. The van der Waals surface area contributed by atoms with Crippen molar-refractivity contribution in [1.29, 1.82) is 5.26 Å². The quantitative estimate of drug-likeness (QED) is 0.540. The summed E-state index contributed by atoms with van der Waals surface area (Å²) in [6, 6.07) is 13.6. The van der Waals surface area contributed by atoms with Crippen LogP contribution in [0.4, 0.5) is 0 Å². The molecule has 0 aliphatic carbocycles. The van der Waals surface area contributed by atoms with Crippen LogP contribution in [-0.2, 0) is 6.42 Å². The van der Waals surface area contributed by atoms with E-state index >= 15 is 0 Å². The summed E-state index contributed by atoms with van der Waals surface area (Å²) in [5.74, 6) is 0.829. The van der Waals surface area contributed by atoms with Crippen LogP contribution in [0.5, 0.6) is 0 Å². The number of hydrogen-bond donors (Lipinski definition) is 1. The SMILES string of the molecule is N#Cc1ccc2ncc3nc(Cc4cn5ccccc5n4)[nH]c3c2c1. The van der Waals surface area contributed by atoms with Crippen molar-refractivity contribution in [1.82, 2.24) is 24.3 Å². The zero-order valence-electron chi connectivity index (χ0n) is 13.1. The van der Waals surface area contributed by atoms with Crippen molar-refractivity contribution in [3.8, 4) is 6.07 Å². The Morgan fingerprint density at radius 3 is 2.96 bits per heavy atom. The second-order valence-electron chi connectivity index (χ2n) is 5.92. The molecule has 0 fully saturated rings. The van der Waals surface area contributed by atoms with Gasteiger partial charge in [0.1, 0.15) is 17.0 Å². The Balaban J connectivity index is 1.62. The third-order valence-corrected chi connectivity index (χ3v) is 4.26. The summed E-state index contributed by atoms with van der Waals surface area (Å²) in [5, 5.41) is 10.0. The zero-order valence-corrected chi connectivity index (χ0v) is 13.1. The molecule has 5 rings (SSSR count). The predicted octanol–water partition coefficient (Wildman–Crippen LogP) is 3.22. The van der Waals surface area contributed by atoms with Gasteiger partial charge in [0.05, 0.1) is 34.6 Å². The van der Waals surface area contributed by atoms with Gasteiger partial charge >= 0.3 is 0 Å². The fourth-order valence-electron chi connectivity index (χ4n) is 3.11. The number of rotatable bonds is 2. The van der Waals surface area contributed by atoms with E-state index in [0.717, 1.165) is 39.1 Å². The number of hydrogen-bond acceptors (Lipinski definition) is 4. The first-order valence-corrected chi connectivity index (χ1v) is 7.90. The first kappa shape index (κ1) is 13.7. The van der Waals surface area contributed by atoms with E-state index in [1.807, 2.05) is 47.1 Å². The fraction of sp³-hybridized carbons (Fsp3) is 0.0526. The van der Waals surface area contributed by atoms with E-state index in [4.69, 9.17) is 5.26 Å². The average Bonchev–Trinajstić information content (AvgIpc) is 3.24. The Hall–Kier alpha value is -3.72. The molecule has 0 saturated heterocycles. The molecule has 6 heteroatoms. The fourth-order valence-corrected chi connectivity index (χ4v) is 3.11. The molecule has 0 aliphatic rings. The van der Waals surface area contributed by atoms with Gasteiger partial charge in [-0.3, -0.25) is 4.98 Å². The average molecular weight is 324 g/mol. The van der Waals surface area contributed by atoms with E-state index in [1.165, 1.54) is 0 Å². The minimum absolute atomic E-state index is 0.607. The molecule has 0 spiro atoms. The maximum Gasteiger partial charge on any atom is 0.136 e. The summed E-state index contributed by atoms with van der Waals surface area (Å²) in [4.78, 5) is 17.0. The maximum atomic E-state index is 9.13. The summed E-state index contributed by atoms with van der Waals surface area (Å²) in [7, 11) is 0. The highest BCUT2D eigenvalue weighted by Crippen LogP contribution is 2.23. The van der Waals surface area contributed by atoms with Gasteiger partial charge < -0.3 is 9.38 Å². The van der Waals surface area contributed by atoms with Crippen LogP contribution in [0.3, 0.4) is 0 Å². The normalized spacial score (nSPS) is 11.3. The number of aromatic amines is 1. The lowest BCUT2D eigenvalue weighted by atomic mass is 10.1. The second-order valence-corrected chi connectivity index (χ2v) is 5.92. The van der Waals surface area contributed by atoms with Gasteiger partial charge in [0, 0.05) is 24.2 Å². The Morgan fingerprint density at radius 1 is 1.12 bits per heavy atom. The molecule has 25 heavy (non-hydrogen) atoms. The number of nitriles is 1. The van der Waals surface area contributed by atoms with Gasteiger partial charge in [0.15, 0.2) is 0 Å². The van der Waals surface area contributed by atoms with Gasteiger partial charge in [-0.25, -0.2) is 9.97 Å². The standard InChI is InChI=1S/C19H12N6/c20-9-12-4-5-15-14(7-12)19-16(10-21-15)23-17(24-19)8-13-11-25-6-2-1-3-18(25)22-13/h1-7,10-11H,8H2,(H,23,24). The van der Waals surface area contributed by atoms with Crippen molar-refractivity contribution in [3.05, 3.63) is 72.1 Å². The number of benzene rings is 1. The van der Waals surface area contributed by atoms with Crippen LogP contribution in [0, 0.1) is 11.3 Å². The lowest BCUT2D eigenvalue weighted by Crippen LogP contribution is -1.90. The van der Waals surface area contributed by atoms with Crippen LogP contribution in [0.15, 0.2) is 55.0 Å². The van der Waals surface area contributed by atoms with E-state index < -0.39 is 0 Å². The number of H-pyrrole nitrogens is 1. The van der Waals surface area contributed by atoms with Crippen molar-refractivity contribution < 1.29 is 0 Å². The Bertz CT molecular complexity index is 1260. The molecular formula is C19H12N6. The molecule has 0 saturated carbocycles. The topological polar surface area (TPSA) is 82.7 Å². The van der Waals surface area contributed by atoms with Crippen molar-refractivity contribution in [2.75, 3.05) is 0 Å². The van der Waals surface area contributed by atoms with E-state index in [-0.39, 0.29) is 0 Å². The minimum atomic E-state index is 0.607. The van der Waals surface area contributed by atoms with Crippen LogP contribution < -0.4 is 0 Å². The van der Waals surface area contributed by atoms with Gasteiger partial charge in [-0.05, 0) is 30.3 Å². The Morgan fingerprint density at radius 2 is 2.08 bits per heavy atom. The van der Waals surface area contributed by atoms with Crippen LogP contribution >= 0.6 is 0 Å². The summed E-state index contributed by atoms with van der Waals surface area (Å²) < 4.78 is 1.99. The number of nitrogens with one attached hydrogen (secondary N) is 1. The molecule has 5 aromatic rings. The molecule has 4 heterocycles. The Labute approximate surface area is 142 Å². The lowest BCUT2D eigenvalue weighted by molar-refractivity contribution is 1.00. The molecule has 1 aromatic carbocycles. The maximum absolute atomic E-state index is 9.13. The number of nitrogens with zero attached hydrogens (tertiary/aromatic N) is 5. The van der Waals surface area contributed by atoms with Gasteiger partial charge in [-0.15, -0.1) is 0 Å². The second kappa shape index (κ2) is 5.14. The number of imidazole rings is 2. The first-order chi connectivity index (χ1) is 12.3. The van der Waals surface area contributed by atoms with E-state index in [1.54, 1.807) is 12.3 Å². The summed E-state index contributed by atoms with van der Waals surface area (Å²) in [6.07, 6.45) is 6.35. The van der Waals surface area contributed by atoms with E-state index in [2.05, 4.69) is 26.0 Å². The molecule has 0 unspecified atom stereocenters. The minimum Gasteiger partial charge on any atom is -0.341 e. The Kier molecular flexibility index (Phi) is 2.82. The molecule has 0 atom stereocenters. The van der Waals surface area contributed by atoms with E-state index in [0.29, 0.717) is 12.0 Å². The zero-order chi connectivity index (χ0) is 16.8. The number of pyridine rings is 2. The summed E-state index contributed by atoms with van der Waals surface area (Å²) >= 11 is 0. The monoisotopic (exact) mass is 324 g/mol. The predicted molar refractivity (Wildman–Crippen MR) is 94.1 cm³/mol. The van der Waals surface area contributed by atoms with Gasteiger partial charge in [0.25, 0.3) is 0 Å². The summed E-state index contributed by atoms with van der Waals surface area (Å²) in [6.45, 7) is 0. The molecule has 6 nitrogen and oxygen atoms in total. The molecule has 0 bridgehead atoms. The molecule has 0 amide bonds. The molecular weight excluding hydrogens is 312 g/mol. The van der Waals surface area contributed by atoms with Gasteiger partial charge in [-0.1, -0.05) is 6.07 Å². The molecule has 1 N–H and O–H groups in total. The van der Waals surface area contributed by atoms with Crippen molar-refractivity contribution in [2.45, 2.75) is 6.42 Å². The van der Waals surface area contributed by atoms with Gasteiger partial charge in [-0.2, -0.15) is 5.26 Å². The largest absolute Gasteiger partial charge is 0.341 e. The van der Waals surface area contributed by atoms with Crippen LogP contribution in [0.1, 0.15) is 17.1 Å². The summed E-state index contributed by atoms with van der Waals surface area (Å²) in [5.41, 5.74) is 5.01. The third kappa shape index (κ3) is 2.22. The molecule has 118 valence electrons. The van der Waals surface area contributed by atoms with Crippen molar-refractivity contribution in [2.24, 2.45) is 0 Å². The molecule has 0 aliphatic heterocycles. The van der Waals surface area contributed by atoms with Crippen molar-refractivity contribution in [3.63, 3.8) is 0 Å². The number of fused-ring (bicyclic) bond motifs is 4. The lowest BCUT2D eigenvalue weighted by Gasteiger charge is -1.98. The molecule has 0 radical (unpaired) electrons. The smallest absolute Gasteiger partial charge is 0.136 e. The van der Waals surface area contributed by atoms with Crippen LogP contribution in [0.2, 0.25) is 0 Å².